The number of fused-ring (bicyclic) bond motifs is 1. The Balaban J connectivity index is 1.30. The van der Waals surface area contributed by atoms with Crippen LogP contribution in [-0.2, 0) is 6.54 Å². The lowest BCUT2D eigenvalue weighted by molar-refractivity contribution is 0.0656. The first kappa shape index (κ1) is 20.6. The summed E-state index contributed by atoms with van der Waals surface area (Å²) in [7, 11) is 1.73. The van der Waals surface area contributed by atoms with Gasteiger partial charge in [-0.15, -0.1) is 0 Å². The van der Waals surface area contributed by atoms with Gasteiger partial charge in [-0.25, -0.2) is 4.98 Å². The number of aliphatic hydroxyl groups excluding tert-OH is 1. The summed E-state index contributed by atoms with van der Waals surface area (Å²) >= 11 is 0. The van der Waals surface area contributed by atoms with Gasteiger partial charge in [0.15, 0.2) is 12.1 Å². The van der Waals surface area contributed by atoms with Crippen molar-refractivity contribution in [2.75, 3.05) is 12.4 Å². The van der Waals surface area contributed by atoms with Crippen molar-refractivity contribution in [2.45, 2.75) is 44.2 Å². The van der Waals surface area contributed by atoms with E-state index in [2.05, 4.69) is 20.7 Å². The van der Waals surface area contributed by atoms with Crippen LogP contribution in [0.4, 0.5) is 10.2 Å². The predicted octanol–water partition coefficient (Wildman–Crippen LogP) is 2.42. The number of pyridine rings is 1. The minimum atomic E-state index is -0.508. The number of carbonyl (C=O) groups is 1. The van der Waals surface area contributed by atoms with Crippen LogP contribution < -0.4 is 10.6 Å². The predicted molar refractivity (Wildman–Crippen MR) is 117 cm³/mol. The van der Waals surface area contributed by atoms with E-state index in [9.17, 15) is 14.3 Å². The molecule has 1 fully saturated rings. The lowest BCUT2D eigenvalue weighted by atomic mass is 10.1. The average Bonchev–Trinajstić information content (AvgIpc) is 3.38. The molecule has 1 aliphatic heterocycles. The van der Waals surface area contributed by atoms with Gasteiger partial charge in [-0.05, 0) is 37.0 Å². The smallest absolute Gasteiger partial charge is 0.261 e. The highest BCUT2D eigenvalue weighted by atomic mass is 19.1. The van der Waals surface area contributed by atoms with E-state index in [1.54, 1.807) is 35.0 Å². The van der Waals surface area contributed by atoms with Crippen molar-refractivity contribution in [2.24, 2.45) is 0 Å². The van der Waals surface area contributed by atoms with Gasteiger partial charge in [0.05, 0.1) is 18.3 Å². The fourth-order valence-electron chi connectivity index (χ4n) is 4.33. The molecule has 1 aromatic carbocycles. The zero-order chi connectivity index (χ0) is 22.2. The maximum atomic E-state index is 13.4. The first-order valence-electron chi connectivity index (χ1n) is 10.7. The molecule has 2 aromatic heterocycles. The highest BCUT2D eigenvalue weighted by Crippen LogP contribution is 2.25. The van der Waals surface area contributed by atoms with Gasteiger partial charge in [0.1, 0.15) is 5.56 Å². The van der Waals surface area contributed by atoms with Gasteiger partial charge in [0.25, 0.3) is 5.91 Å². The second kappa shape index (κ2) is 8.33. The summed E-state index contributed by atoms with van der Waals surface area (Å²) in [5.74, 6) is -0.104. The van der Waals surface area contributed by atoms with Crippen LogP contribution in [0, 0.1) is 5.95 Å². The molecule has 1 saturated carbocycles. The average molecular weight is 436 g/mol. The Labute approximate surface area is 185 Å². The summed E-state index contributed by atoms with van der Waals surface area (Å²) in [6.45, 7) is 0.488. The maximum absolute atomic E-state index is 13.4. The van der Waals surface area contributed by atoms with Crippen molar-refractivity contribution in [3.05, 3.63) is 65.7 Å². The van der Waals surface area contributed by atoms with Crippen LogP contribution in [0.25, 0.3) is 11.3 Å². The molecule has 2 aliphatic rings. The topological polar surface area (TPSA) is 95.3 Å². The molecule has 5 rings (SSSR count). The SMILES string of the molecule is CN1C(=O)c2cn(Cc3ccc(-c4cccc(F)n4)cc3)nc2NC1N[C@@H]1CCC[C@H]1O. The number of hydrogen-bond donors (Lipinski definition) is 3. The largest absolute Gasteiger partial charge is 0.392 e. The zero-order valence-electron chi connectivity index (χ0n) is 17.7. The summed E-state index contributed by atoms with van der Waals surface area (Å²) in [5.41, 5.74) is 2.91. The number of amides is 1. The van der Waals surface area contributed by atoms with E-state index in [0.717, 1.165) is 30.4 Å². The summed E-state index contributed by atoms with van der Waals surface area (Å²) in [5, 5.41) is 21.3. The molecule has 0 spiro atoms. The normalized spacial score (nSPS) is 22.7. The third-order valence-electron chi connectivity index (χ3n) is 6.13. The number of benzene rings is 1. The first-order valence-corrected chi connectivity index (χ1v) is 10.7. The van der Waals surface area contributed by atoms with Crippen LogP contribution >= 0.6 is 0 Å². The van der Waals surface area contributed by atoms with E-state index in [4.69, 9.17) is 0 Å². The number of carbonyl (C=O) groups excluding carboxylic acids is 1. The number of nitrogens with one attached hydrogen (secondary N) is 2. The molecule has 1 unspecified atom stereocenters. The maximum Gasteiger partial charge on any atom is 0.261 e. The van der Waals surface area contributed by atoms with Crippen molar-refractivity contribution in [3.63, 3.8) is 0 Å². The third-order valence-corrected chi connectivity index (χ3v) is 6.13. The number of anilines is 1. The molecule has 8 nitrogen and oxygen atoms in total. The van der Waals surface area contributed by atoms with E-state index in [1.165, 1.54) is 6.07 Å². The number of hydrogen-bond acceptors (Lipinski definition) is 6. The Kier molecular flexibility index (Phi) is 5.36. The zero-order valence-corrected chi connectivity index (χ0v) is 17.7. The van der Waals surface area contributed by atoms with Crippen LogP contribution in [0.2, 0.25) is 0 Å². The molecule has 3 N–H and O–H groups in total. The molecule has 32 heavy (non-hydrogen) atoms. The van der Waals surface area contributed by atoms with E-state index in [0.29, 0.717) is 23.6 Å². The number of nitrogens with zero attached hydrogens (tertiary/aromatic N) is 4. The fraction of sp³-hybridized carbons (Fsp3) is 0.348. The fourth-order valence-corrected chi connectivity index (χ4v) is 4.33. The second-order valence-corrected chi connectivity index (χ2v) is 8.37. The van der Waals surface area contributed by atoms with Gasteiger partial charge in [0, 0.05) is 24.8 Å². The van der Waals surface area contributed by atoms with Crippen LogP contribution in [0.5, 0.6) is 0 Å². The Bertz CT molecular complexity index is 1130. The molecule has 3 atom stereocenters. The molecular formula is C23H25FN6O2. The van der Waals surface area contributed by atoms with Crippen LogP contribution in [-0.4, -0.2) is 56.2 Å². The Morgan fingerprint density at radius 1 is 1.22 bits per heavy atom. The standard InChI is InChI=1S/C23H25FN6O2/c1-29-22(32)16-13-30(28-21(16)27-23(29)26-18-5-2-6-19(18)31)12-14-8-10-15(11-9-14)17-4-3-7-20(24)25-17/h3-4,7-11,13,18-19,23,26,31H,2,5-6,12H2,1H3,(H,27,28)/t18-,19-,23?/m1/s1. The first-order chi connectivity index (χ1) is 15.5. The van der Waals surface area contributed by atoms with Gasteiger partial charge < -0.3 is 15.3 Å². The van der Waals surface area contributed by atoms with Crippen molar-refractivity contribution in [1.29, 1.82) is 0 Å². The van der Waals surface area contributed by atoms with E-state index >= 15 is 0 Å². The van der Waals surface area contributed by atoms with Crippen molar-refractivity contribution in [1.82, 2.24) is 25.0 Å². The summed E-state index contributed by atoms with van der Waals surface area (Å²) in [4.78, 5) is 18.4. The molecular weight excluding hydrogens is 411 g/mol. The molecule has 1 aliphatic carbocycles. The Morgan fingerprint density at radius 3 is 2.75 bits per heavy atom. The quantitative estimate of drug-likeness (QED) is 0.532. The summed E-state index contributed by atoms with van der Waals surface area (Å²) in [6, 6.07) is 12.3. The van der Waals surface area contributed by atoms with Crippen LogP contribution in [0.1, 0.15) is 35.2 Å². The van der Waals surface area contributed by atoms with Crippen LogP contribution in [0.3, 0.4) is 0 Å². The number of aromatic nitrogens is 3. The molecule has 3 heterocycles. The summed E-state index contributed by atoms with van der Waals surface area (Å²) in [6.07, 6.45) is 3.54. The molecule has 0 saturated heterocycles. The minimum Gasteiger partial charge on any atom is -0.392 e. The Hall–Kier alpha value is -3.30. The second-order valence-electron chi connectivity index (χ2n) is 8.37. The van der Waals surface area contributed by atoms with Gasteiger partial charge in [-0.3, -0.25) is 14.8 Å². The van der Waals surface area contributed by atoms with Crippen molar-refractivity contribution >= 4 is 11.7 Å². The molecule has 9 heteroatoms. The number of halogens is 1. The molecule has 3 aromatic rings. The minimum absolute atomic E-state index is 0.0440. The van der Waals surface area contributed by atoms with Gasteiger partial charge >= 0.3 is 0 Å². The van der Waals surface area contributed by atoms with Gasteiger partial charge in [0.2, 0.25) is 5.95 Å². The number of aliphatic hydroxyl groups is 1. The van der Waals surface area contributed by atoms with Crippen molar-refractivity contribution in [3.8, 4) is 11.3 Å². The number of rotatable bonds is 5. The highest BCUT2D eigenvalue weighted by molar-refractivity contribution is 6.00. The van der Waals surface area contributed by atoms with Crippen molar-refractivity contribution < 1.29 is 14.3 Å². The molecule has 0 radical (unpaired) electrons. The molecule has 1 amide bonds. The molecule has 0 bridgehead atoms. The highest BCUT2D eigenvalue weighted by Gasteiger charge is 2.35. The van der Waals surface area contributed by atoms with Gasteiger partial charge in [-0.2, -0.15) is 9.49 Å². The van der Waals surface area contributed by atoms with E-state index in [-0.39, 0.29) is 11.9 Å². The lowest BCUT2D eigenvalue weighted by Crippen LogP contribution is -2.58. The van der Waals surface area contributed by atoms with E-state index < -0.39 is 18.3 Å². The summed E-state index contributed by atoms with van der Waals surface area (Å²) < 4.78 is 15.1. The third kappa shape index (κ3) is 3.96. The lowest BCUT2D eigenvalue weighted by Gasteiger charge is -2.36. The monoisotopic (exact) mass is 436 g/mol. The van der Waals surface area contributed by atoms with E-state index in [1.807, 2.05) is 24.3 Å². The van der Waals surface area contributed by atoms with Gasteiger partial charge in [-0.1, -0.05) is 30.3 Å². The molecule has 166 valence electrons. The Morgan fingerprint density at radius 2 is 2.03 bits per heavy atom. The van der Waals surface area contributed by atoms with Crippen LogP contribution in [0.15, 0.2) is 48.7 Å².